The van der Waals surface area contributed by atoms with Crippen LogP contribution in [0.25, 0.3) is 33.5 Å². The number of halogens is 1. The summed E-state index contributed by atoms with van der Waals surface area (Å²) in [5, 5.41) is 20.2. The van der Waals surface area contributed by atoms with E-state index in [4.69, 9.17) is 35.8 Å². The summed E-state index contributed by atoms with van der Waals surface area (Å²) in [6.45, 7) is 7.78. The zero-order valence-corrected chi connectivity index (χ0v) is 24.8. The van der Waals surface area contributed by atoms with Gasteiger partial charge in [-0.25, -0.2) is 4.98 Å². The fourth-order valence-corrected chi connectivity index (χ4v) is 5.66. The Hall–Kier alpha value is -2.79. The van der Waals surface area contributed by atoms with Crippen LogP contribution in [0.1, 0.15) is 6.42 Å². The summed E-state index contributed by atoms with van der Waals surface area (Å²) in [6.07, 6.45) is -1.55. The number of nitrogens with zero attached hydrogens (tertiary/aromatic N) is 3. The highest BCUT2D eigenvalue weighted by atomic mass is 35.5. The van der Waals surface area contributed by atoms with Crippen molar-refractivity contribution in [1.29, 1.82) is 0 Å². The predicted octanol–water partition coefficient (Wildman–Crippen LogP) is 5.62. The molecule has 10 heteroatoms. The van der Waals surface area contributed by atoms with E-state index < -0.39 is 26.4 Å². The Morgan fingerprint density at radius 2 is 1.73 bits per heavy atom. The fraction of sp³-hybridized carbons (Fsp3) is 0.400. The number of benzene rings is 2. The van der Waals surface area contributed by atoms with E-state index in [1.54, 1.807) is 0 Å². The Morgan fingerprint density at radius 3 is 2.40 bits per heavy atom. The van der Waals surface area contributed by atoms with Gasteiger partial charge in [0.15, 0.2) is 5.65 Å². The van der Waals surface area contributed by atoms with Gasteiger partial charge in [-0.15, -0.1) is 0 Å². The molecule has 0 aliphatic carbocycles. The maximum Gasteiger partial charge on any atom is 0.301 e. The zero-order valence-electron chi connectivity index (χ0n) is 23.1. The lowest BCUT2D eigenvalue weighted by Crippen LogP contribution is -2.45. The Balaban J connectivity index is 1.43. The average Bonchev–Trinajstić information content (AvgIpc) is 3.26. The van der Waals surface area contributed by atoms with Gasteiger partial charge in [-0.3, -0.25) is 4.57 Å². The highest BCUT2D eigenvalue weighted by molar-refractivity contribution is 6.76. The molecule has 0 saturated carbocycles. The van der Waals surface area contributed by atoms with Crippen LogP contribution in [-0.4, -0.2) is 71.0 Å². The molecule has 8 nitrogen and oxygen atoms in total. The van der Waals surface area contributed by atoms with Crippen molar-refractivity contribution < 1.29 is 24.4 Å². The molecule has 0 spiro atoms. The molecule has 0 unspecified atom stereocenters. The third-order valence-electron chi connectivity index (χ3n) is 7.02. The van der Waals surface area contributed by atoms with Crippen molar-refractivity contribution in [2.75, 3.05) is 19.8 Å². The van der Waals surface area contributed by atoms with E-state index in [0.29, 0.717) is 40.9 Å². The SMILES string of the molecule is C[Si](C)(C)CCOCn1c(O[C@H]2CO[C@H](CO)[C@@H](O)C2)nc2nc(-c3ccc(-c4ccccc4)cc3)c(Cl)cc21. The largest absolute Gasteiger partial charge is 0.459 e. The first-order chi connectivity index (χ1) is 19.2. The summed E-state index contributed by atoms with van der Waals surface area (Å²) >= 11 is 6.78. The summed E-state index contributed by atoms with van der Waals surface area (Å²) < 4.78 is 19.7. The molecule has 1 aliphatic rings. The molecule has 5 rings (SSSR count). The smallest absolute Gasteiger partial charge is 0.301 e. The number of aliphatic hydroxyl groups is 2. The van der Waals surface area contributed by atoms with Crippen molar-refractivity contribution in [3.05, 3.63) is 65.7 Å². The van der Waals surface area contributed by atoms with Crippen molar-refractivity contribution in [2.45, 2.75) is 57.1 Å². The number of fused-ring (bicyclic) bond motifs is 1. The van der Waals surface area contributed by atoms with E-state index >= 15 is 0 Å². The maximum atomic E-state index is 10.3. The summed E-state index contributed by atoms with van der Waals surface area (Å²) in [7, 11) is -1.26. The zero-order chi connectivity index (χ0) is 28.3. The van der Waals surface area contributed by atoms with E-state index in [2.05, 4.69) is 43.9 Å². The minimum Gasteiger partial charge on any atom is -0.459 e. The monoisotopic (exact) mass is 581 g/mol. The van der Waals surface area contributed by atoms with Crippen LogP contribution in [0.5, 0.6) is 6.01 Å². The molecule has 0 amide bonds. The number of hydrogen-bond acceptors (Lipinski definition) is 7. The van der Waals surface area contributed by atoms with Crippen LogP contribution in [0.15, 0.2) is 60.7 Å². The molecular weight excluding hydrogens is 546 g/mol. The molecular formula is C30H36ClN3O5Si. The molecule has 0 radical (unpaired) electrons. The maximum absolute atomic E-state index is 10.3. The molecule has 1 aliphatic heterocycles. The third kappa shape index (κ3) is 6.74. The van der Waals surface area contributed by atoms with Crippen molar-refractivity contribution >= 4 is 30.8 Å². The summed E-state index contributed by atoms with van der Waals surface area (Å²) in [4.78, 5) is 9.53. The average molecular weight is 582 g/mol. The Bertz CT molecular complexity index is 1430. The first-order valence-corrected chi connectivity index (χ1v) is 17.7. The van der Waals surface area contributed by atoms with Crippen LogP contribution in [0.2, 0.25) is 30.7 Å². The Labute approximate surface area is 240 Å². The first kappa shape index (κ1) is 28.7. The molecule has 2 N–H and O–H groups in total. The number of ether oxygens (including phenoxy) is 3. The molecule has 4 aromatic rings. The molecule has 2 aromatic heterocycles. The molecule has 2 aromatic carbocycles. The van der Waals surface area contributed by atoms with E-state index in [0.717, 1.165) is 22.7 Å². The molecule has 1 saturated heterocycles. The molecule has 0 bridgehead atoms. The van der Waals surface area contributed by atoms with Gasteiger partial charge in [0.1, 0.15) is 18.9 Å². The van der Waals surface area contributed by atoms with E-state index in [9.17, 15) is 10.2 Å². The lowest BCUT2D eigenvalue weighted by molar-refractivity contribution is -0.132. The summed E-state index contributed by atoms with van der Waals surface area (Å²) in [6, 6.07) is 21.5. The van der Waals surface area contributed by atoms with Crippen molar-refractivity contribution in [2.24, 2.45) is 0 Å². The van der Waals surface area contributed by atoms with E-state index in [-0.39, 0.29) is 19.9 Å². The molecule has 40 heavy (non-hydrogen) atoms. The minimum atomic E-state index is -1.26. The molecule has 212 valence electrons. The number of hydrogen-bond donors (Lipinski definition) is 2. The third-order valence-corrected chi connectivity index (χ3v) is 9.02. The van der Waals surface area contributed by atoms with Gasteiger partial charge in [-0.05, 0) is 23.2 Å². The van der Waals surface area contributed by atoms with Crippen LogP contribution >= 0.6 is 11.6 Å². The van der Waals surface area contributed by atoms with Crippen molar-refractivity contribution in [1.82, 2.24) is 14.5 Å². The van der Waals surface area contributed by atoms with Gasteiger partial charge >= 0.3 is 6.01 Å². The lowest BCUT2D eigenvalue weighted by Gasteiger charge is -2.32. The normalized spacial score (nSPS) is 19.7. The first-order valence-electron chi connectivity index (χ1n) is 13.6. The highest BCUT2D eigenvalue weighted by Gasteiger charge is 2.32. The topological polar surface area (TPSA) is 98.9 Å². The summed E-state index contributed by atoms with van der Waals surface area (Å²) in [5.74, 6) is 0. The summed E-state index contributed by atoms with van der Waals surface area (Å²) in [5.41, 5.74) is 4.95. The number of imidazole rings is 1. The number of aromatic nitrogens is 3. The van der Waals surface area contributed by atoms with Crippen LogP contribution in [0, 0.1) is 0 Å². The van der Waals surface area contributed by atoms with E-state index in [1.807, 2.05) is 41.0 Å². The van der Waals surface area contributed by atoms with Gasteiger partial charge in [0.2, 0.25) is 0 Å². The highest BCUT2D eigenvalue weighted by Crippen LogP contribution is 2.33. The molecule has 3 atom stereocenters. The minimum absolute atomic E-state index is 0.231. The second kappa shape index (κ2) is 12.4. The van der Waals surface area contributed by atoms with Crippen molar-refractivity contribution in [3.8, 4) is 28.4 Å². The van der Waals surface area contributed by atoms with Crippen LogP contribution < -0.4 is 4.74 Å². The number of aliphatic hydroxyl groups excluding tert-OH is 2. The Kier molecular flexibility index (Phi) is 8.89. The Morgan fingerprint density at radius 1 is 1.02 bits per heavy atom. The van der Waals surface area contributed by atoms with Crippen LogP contribution in [0.4, 0.5) is 0 Å². The van der Waals surface area contributed by atoms with Gasteiger partial charge < -0.3 is 24.4 Å². The standard InChI is InChI=1S/C30H36ClN3O5Si/c1-40(2,3)14-13-37-19-34-25-16-24(31)28(22-11-9-21(10-12-22)20-7-5-4-6-8-20)32-29(25)33-30(34)39-23-15-26(36)27(17-35)38-18-23/h4-12,16,23,26-27,35-36H,13-15,17-19H2,1-3H3/t23-,26+,27-/m1/s1. The number of rotatable bonds is 10. The lowest BCUT2D eigenvalue weighted by atomic mass is 10.0. The van der Waals surface area contributed by atoms with Gasteiger partial charge in [-0.1, -0.05) is 85.8 Å². The van der Waals surface area contributed by atoms with Gasteiger partial charge in [-0.2, -0.15) is 4.98 Å². The fourth-order valence-electron chi connectivity index (χ4n) is 4.64. The molecule has 3 heterocycles. The predicted molar refractivity (Wildman–Crippen MR) is 159 cm³/mol. The van der Waals surface area contributed by atoms with Gasteiger partial charge in [0.25, 0.3) is 0 Å². The van der Waals surface area contributed by atoms with Crippen LogP contribution in [0.3, 0.4) is 0 Å². The second-order valence-corrected chi connectivity index (χ2v) is 17.4. The van der Waals surface area contributed by atoms with Crippen LogP contribution in [-0.2, 0) is 16.2 Å². The quantitative estimate of drug-likeness (QED) is 0.185. The number of pyridine rings is 1. The molecule has 1 fully saturated rings. The second-order valence-electron chi connectivity index (χ2n) is 11.4. The van der Waals surface area contributed by atoms with E-state index in [1.165, 1.54) is 0 Å². The van der Waals surface area contributed by atoms with Gasteiger partial charge in [0.05, 0.1) is 35.6 Å². The van der Waals surface area contributed by atoms with Gasteiger partial charge in [0, 0.05) is 26.7 Å². The van der Waals surface area contributed by atoms with Crippen molar-refractivity contribution in [3.63, 3.8) is 0 Å².